The number of amides is 1. The number of hydrogen-bond donors (Lipinski definition) is 1. The molecular formula is C16H21N5O2. The van der Waals surface area contributed by atoms with E-state index in [4.69, 9.17) is 10.3 Å². The average Bonchev–Trinajstić information content (AvgIpc) is 2.95. The normalized spacial score (nSPS) is 15.8. The molecule has 0 aliphatic carbocycles. The lowest BCUT2D eigenvalue weighted by molar-refractivity contribution is -0.132. The zero-order chi connectivity index (χ0) is 16.2. The van der Waals surface area contributed by atoms with Gasteiger partial charge >= 0.3 is 0 Å². The van der Waals surface area contributed by atoms with Crippen LogP contribution in [0.5, 0.6) is 0 Å². The number of aryl methyl sites for hydroxylation is 1. The maximum Gasteiger partial charge on any atom is 0.228 e. The van der Waals surface area contributed by atoms with Crippen LogP contribution in [-0.2, 0) is 17.8 Å². The van der Waals surface area contributed by atoms with Crippen LogP contribution in [-0.4, -0.2) is 52.0 Å². The Morgan fingerprint density at radius 3 is 2.70 bits per heavy atom. The lowest BCUT2D eigenvalue weighted by atomic mass is 10.2. The first-order chi connectivity index (χ1) is 11.1. The lowest BCUT2D eigenvalue weighted by Crippen LogP contribution is -2.48. The molecule has 2 N–H and O–H groups in total. The number of nitrogen functional groups attached to an aromatic ring is 1. The fourth-order valence-corrected chi connectivity index (χ4v) is 2.67. The van der Waals surface area contributed by atoms with Crippen LogP contribution in [0.1, 0.15) is 17.1 Å². The first-order valence-corrected chi connectivity index (χ1v) is 7.73. The van der Waals surface area contributed by atoms with Crippen molar-refractivity contribution in [2.75, 3.05) is 31.9 Å². The number of nitrogens with two attached hydrogens (primary N) is 1. The number of nitrogens with zero attached hydrogens (tertiary/aromatic N) is 4. The molecule has 7 heteroatoms. The van der Waals surface area contributed by atoms with Crippen molar-refractivity contribution >= 4 is 11.6 Å². The molecule has 1 fully saturated rings. The number of anilines is 1. The maximum absolute atomic E-state index is 12.3. The van der Waals surface area contributed by atoms with E-state index in [1.807, 2.05) is 17.9 Å². The summed E-state index contributed by atoms with van der Waals surface area (Å²) in [6.45, 7) is 5.76. The summed E-state index contributed by atoms with van der Waals surface area (Å²) >= 11 is 0. The van der Waals surface area contributed by atoms with Crippen molar-refractivity contribution in [1.82, 2.24) is 19.9 Å². The summed E-state index contributed by atoms with van der Waals surface area (Å²) in [5, 5.41) is 3.90. The van der Waals surface area contributed by atoms with Gasteiger partial charge in [0.2, 0.25) is 5.91 Å². The minimum absolute atomic E-state index is 0.109. The van der Waals surface area contributed by atoms with Crippen molar-refractivity contribution in [1.29, 1.82) is 0 Å². The Morgan fingerprint density at radius 2 is 2.09 bits per heavy atom. The Bertz CT molecular complexity index is 659. The van der Waals surface area contributed by atoms with E-state index in [-0.39, 0.29) is 5.91 Å². The van der Waals surface area contributed by atoms with Crippen molar-refractivity contribution in [2.24, 2.45) is 0 Å². The molecule has 7 nitrogen and oxygen atoms in total. The van der Waals surface area contributed by atoms with Crippen LogP contribution in [0, 0.1) is 6.92 Å². The summed E-state index contributed by atoms with van der Waals surface area (Å²) < 4.78 is 5.24. The molecule has 3 rings (SSSR count). The molecule has 1 saturated heterocycles. The maximum atomic E-state index is 12.3. The molecule has 0 bridgehead atoms. The average molecular weight is 315 g/mol. The smallest absolute Gasteiger partial charge is 0.228 e. The van der Waals surface area contributed by atoms with Gasteiger partial charge in [0, 0.05) is 37.9 Å². The Labute approximate surface area is 135 Å². The second-order valence-corrected chi connectivity index (χ2v) is 5.85. The fourth-order valence-electron chi connectivity index (χ4n) is 2.67. The second kappa shape index (κ2) is 6.78. The number of pyridine rings is 1. The number of carbonyl (C=O) groups is 1. The molecular weight excluding hydrogens is 294 g/mol. The van der Waals surface area contributed by atoms with E-state index in [2.05, 4.69) is 15.0 Å². The summed E-state index contributed by atoms with van der Waals surface area (Å²) in [6, 6.07) is 5.52. The summed E-state index contributed by atoms with van der Waals surface area (Å²) in [5.74, 6) is 0.978. The largest absolute Gasteiger partial charge is 0.397 e. The van der Waals surface area contributed by atoms with E-state index in [0.29, 0.717) is 12.1 Å². The number of hydrogen-bond acceptors (Lipinski definition) is 6. The summed E-state index contributed by atoms with van der Waals surface area (Å²) in [6.07, 6.45) is 1.90. The number of aromatic nitrogens is 2. The molecule has 23 heavy (non-hydrogen) atoms. The van der Waals surface area contributed by atoms with Gasteiger partial charge in [0.15, 0.2) is 5.76 Å². The monoisotopic (exact) mass is 315 g/mol. The Balaban J connectivity index is 1.48. The van der Waals surface area contributed by atoms with Crippen molar-refractivity contribution < 1.29 is 9.32 Å². The van der Waals surface area contributed by atoms with Gasteiger partial charge in [0.1, 0.15) is 0 Å². The molecule has 2 aromatic rings. The predicted octanol–water partition coefficient (Wildman–Crippen LogP) is 0.847. The van der Waals surface area contributed by atoms with E-state index >= 15 is 0 Å². The van der Waals surface area contributed by atoms with Crippen LogP contribution in [0.25, 0.3) is 0 Å². The van der Waals surface area contributed by atoms with E-state index in [0.717, 1.165) is 49.9 Å². The van der Waals surface area contributed by atoms with Crippen LogP contribution in [0.2, 0.25) is 0 Å². The van der Waals surface area contributed by atoms with Crippen molar-refractivity contribution in [3.05, 3.63) is 41.5 Å². The van der Waals surface area contributed by atoms with Crippen LogP contribution in [0.15, 0.2) is 28.9 Å². The topological polar surface area (TPSA) is 88.5 Å². The highest BCUT2D eigenvalue weighted by Gasteiger charge is 2.22. The molecule has 0 atom stereocenters. The van der Waals surface area contributed by atoms with Gasteiger partial charge in [-0.3, -0.25) is 14.7 Å². The third-order valence-electron chi connectivity index (χ3n) is 3.96. The molecule has 2 aromatic heterocycles. The molecule has 3 heterocycles. The quantitative estimate of drug-likeness (QED) is 0.900. The number of carbonyl (C=O) groups excluding carboxylic acids is 1. The van der Waals surface area contributed by atoms with E-state index in [1.54, 1.807) is 18.3 Å². The molecule has 0 saturated carbocycles. The van der Waals surface area contributed by atoms with Gasteiger partial charge in [-0.25, -0.2) is 0 Å². The van der Waals surface area contributed by atoms with Crippen molar-refractivity contribution in [3.63, 3.8) is 0 Å². The molecule has 122 valence electrons. The first kappa shape index (κ1) is 15.5. The van der Waals surface area contributed by atoms with E-state index < -0.39 is 0 Å². The van der Waals surface area contributed by atoms with Crippen LogP contribution >= 0.6 is 0 Å². The molecule has 0 aromatic carbocycles. The van der Waals surface area contributed by atoms with Gasteiger partial charge in [0.05, 0.1) is 30.5 Å². The van der Waals surface area contributed by atoms with Crippen molar-refractivity contribution in [3.8, 4) is 0 Å². The Hall–Kier alpha value is -2.41. The zero-order valence-electron chi connectivity index (χ0n) is 13.2. The highest BCUT2D eigenvalue weighted by atomic mass is 16.5. The highest BCUT2D eigenvalue weighted by Crippen LogP contribution is 2.11. The molecule has 1 aliphatic rings. The van der Waals surface area contributed by atoms with Crippen molar-refractivity contribution in [2.45, 2.75) is 19.9 Å². The number of rotatable bonds is 4. The van der Waals surface area contributed by atoms with Gasteiger partial charge in [-0.1, -0.05) is 5.16 Å². The second-order valence-electron chi connectivity index (χ2n) is 5.85. The first-order valence-electron chi connectivity index (χ1n) is 7.73. The Morgan fingerprint density at radius 1 is 1.30 bits per heavy atom. The van der Waals surface area contributed by atoms with E-state index in [1.165, 1.54) is 0 Å². The fraction of sp³-hybridized carbons (Fsp3) is 0.438. The molecule has 1 amide bonds. The Kier molecular flexibility index (Phi) is 4.57. The summed E-state index contributed by atoms with van der Waals surface area (Å²) in [5.41, 5.74) is 7.86. The standard InChI is InChI=1S/C16H21N5O2/c1-12-8-15(23-19-12)11-20-4-6-21(7-5-20)16(22)9-14-3-2-13(17)10-18-14/h2-3,8,10H,4-7,9,11,17H2,1H3. The summed E-state index contributed by atoms with van der Waals surface area (Å²) in [4.78, 5) is 20.7. The van der Waals surface area contributed by atoms with Gasteiger partial charge in [-0.05, 0) is 19.1 Å². The van der Waals surface area contributed by atoms with Gasteiger partial charge in [-0.2, -0.15) is 0 Å². The predicted molar refractivity (Wildman–Crippen MR) is 85.5 cm³/mol. The molecule has 1 aliphatic heterocycles. The van der Waals surface area contributed by atoms with Gasteiger partial charge in [-0.15, -0.1) is 0 Å². The van der Waals surface area contributed by atoms with Crippen LogP contribution < -0.4 is 5.73 Å². The minimum atomic E-state index is 0.109. The number of piperazine rings is 1. The molecule has 0 spiro atoms. The SMILES string of the molecule is Cc1cc(CN2CCN(C(=O)Cc3ccc(N)cn3)CC2)on1. The van der Waals surface area contributed by atoms with E-state index in [9.17, 15) is 4.79 Å². The lowest BCUT2D eigenvalue weighted by Gasteiger charge is -2.34. The van der Waals surface area contributed by atoms with Crippen LogP contribution in [0.4, 0.5) is 5.69 Å². The third kappa shape index (κ3) is 4.07. The minimum Gasteiger partial charge on any atom is -0.397 e. The summed E-state index contributed by atoms with van der Waals surface area (Å²) in [7, 11) is 0. The molecule has 0 radical (unpaired) electrons. The van der Waals surface area contributed by atoms with Crippen LogP contribution in [0.3, 0.4) is 0 Å². The highest BCUT2D eigenvalue weighted by molar-refractivity contribution is 5.78. The van der Waals surface area contributed by atoms with Gasteiger partial charge in [0.25, 0.3) is 0 Å². The molecule has 0 unspecified atom stereocenters. The zero-order valence-corrected chi connectivity index (χ0v) is 13.2. The third-order valence-corrected chi connectivity index (χ3v) is 3.96. The van der Waals surface area contributed by atoms with Gasteiger partial charge < -0.3 is 15.2 Å².